The van der Waals surface area contributed by atoms with Gasteiger partial charge in [0.25, 0.3) is 0 Å². The number of fused-ring (bicyclic) bond motifs is 5. The maximum absolute atomic E-state index is 13.3. The first-order valence-electron chi connectivity index (χ1n) is 10.5. The molecular weight excluding hydrogens is 315 g/mol. The number of hydrogen-bond donors (Lipinski definition) is 2. The van der Waals surface area contributed by atoms with Crippen LogP contribution < -0.4 is 0 Å². The first-order valence-corrected chi connectivity index (χ1v) is 10.5. The lowest BCUT2D eigenvalue weighted by atomic mass is 9.49. The molecule has 4 aliphatic carbocycles. The van der Waals surface area contributed by atoms with Crippen molar-refractivity contribution in [2.75, 3.05) is 13.3 Å². The van der Waals surface area contributed by atoms with Crippen molar-refractivity contribution in [3.05, 3.63) is 12.2 Å². The number of rotatable bonds is 3. The summed E-state index contributed by atoms with van der Waals surface area (Å²) in [7, 11) is 0. The number of aliphatic hydroxyl groups excluding tert-OH is 1. The summed E-state index contributed by atoms with van der Waals surface area (Å²) in [6, 6.07) is 0. The lowest BCUT2D eigenvalue weighted by Crippen LogP contribution is -2.51. The second-order valence-electron chi connectivity index (χ2n) is 10.0. The molecule has 0 bridgehead atoms. The van der Waals surface area contributed by atoms with E-state index in [9.17, 15) is 14.6 Å². The molecule has 0 aromatic rings. The Bertz CT molecular complexity index is 534. The van der Waals surface area contributed by atoms with Crippen LogP contribution in [0.4, 0.5) is 4.39 Å². The van der Waals surface area contributed by atoms with Crippen LogP contribution in [-0.4, -0.2) is 29.1 Å². The van der Waals surface area contributed by atoms with Gasteiger partial charge >= 0.3 is 0 Å². The van der Waals surface area contributed by atoms with Gasteiger partial charge in [-0.25, -0.2) is 4.39 Å². The molecule has 4 aliphatic rings. The minimum absolute atomic E-state index is 0.133. The van der Waals surface area contributed by atoms with Gasteiger partial charge in [-0.15, -0.1) is 0 Å². The zero-order chi connectivity index (χ0) is 17.8. The Balaban J connectivity index is 1.52. The lowest BCUT2D eigenvalue weighted by Gasteiger charge is -2.57. The summed E-state index contributed by atoms with van der Waals surface area (Å²) in [5.41, 5.74) is 0.333. The quantitative estimate of drug-likeness (QED) is 0.736. The van der Waals surface area contributed by atoms with Crippen molar-refractivity contribution in [2.24, 2.45) is 40.9 Å². The second-order valence-corrected chi connectivity index (χ2v) is 10.0. The SMILES string of the molecule is C=C(CO)[C@H]1CC[C@H]2[C@@H]3CC[C@H]4C[C@](O)(CF)CC[C@@H]4[C@H]3CC[C@]12C. The summed E-state index contributed by atoms with van der Waals surface area (Å²) in [5, 5.41) is 20.0. The summed E-state index contributed by atoms with van der Waals surface area (Å²) in [4.78, 5) is 0. The van der Waals surface area contributed by atoms with Crippen molar-refractivity contribution in [3.8, 4) is 0 Å². The van der Waals surface area contributed by atoms with Crippen molar-refractivity contribution >= 4 is 0 Å². The van der Waals surface area contributed by atoms with Crippen molar-refractivity contribution in [1.82, 2.24) is 0 Å². The van der Waals surface area contributed by atoms with Crippen LogP contribution in [0.25, 0.3) is 0 Å². The predicted molar refractivity (Wildman–Crippen MR) is 97.8 cm³/mol. The molecule has 0 heterocycles. The molecule has 3 heteroatoms. The van der Waals surface area contributed by atoms with Crippen LogP contribution in [0.3, 0.4) is 0 Å². The zero-order valence-corrected chi connectivity index (χ0v) is 15.7. The van der Waals surface area contributed by atoms with Gasteiger partial charge in [0.2, 0.25) is 0 Å². The Hall–Kier alpha value is -0.410. The van der Waals surface area contributed by atoms with E-state index >= 15 is 0 Å². The highest BCUT2D eigenvalue weighted by molar-refractivity contribution is 5.15. The number of alkyl halides is 1. The first-order chi connectivity index (χ1) is 11.9. The smallest absolute Gasteiger partial charge is 0.118 e. The summed E-state index contributed by atoms with van der Waals surface area (Å²) >= 11 is 0. The summed E-state index contributed by atoms with van der Waals surface area (Å²) in [5.74, 6) is 4.07. The molecule has 8 atom stereocenters. The molecule has 25 heavy (non-hydrogen) atoms. The average Bonchev–Trinajstić information content (AvgIpc) is 2.98. The van der Waals surface area contributed by atoms with E-state index < -0.39 is 12.3 Å². The van der Waals surface area contributed by atoms with Crippen LogP contribution in [0.5, 0.6) is 0 Å². The van der Waals surface area contributed by atoms with Crippen LogP contribution in [0, 0.1) is 40.9 Å². The Kier molecular flexibility index (Phi) is 4.56. The summed E-state index contributed by atoms with van der Waals surface area (Å²) in [6.07, 6.45) is 9.79. The van der Waals surface area contributed by atoms with Crippen molar-refractivity contribution in [2.45, 2.75) is 70.3 Å². The van der Waals surface area contributed by atoms with Gasteiger partial charge < -0.3 is 10.2 Å². The molecule has 4 saturated carbocycles. The third-order valence-electron chi connectivity index (χ3n) is 9.05. The monoisotopic (exact) mass is 350 g/mol. The molecule has 4 rings (SSSR count). The van der Waals surface area contributed by atoms with Crippen LogP contribution >= 0.6 is 0 Å². The zero-order valence-electron chi connectivity index (χ0n) is 15.7. The molecule has 0 unspecified atom stereocenters. The molecular formula is C22H35FO2. The van der Waals surface area contributed by atoms with Gasteiger partial charge in [-0.05, 0) is 104 Å². The van der Waals surface area contributed by atoms with Gasteiger partial charge in [-0.2, -0.15) is 0 Å². The van der Waals surface area contributed by atoms with E-state index in [4.69, 9.17) is 0 Å². The fraction of sp³-hybridized carbons (Fsp3) is 0.909. The summed E-state index contributed by atoms with van der Waals surface area (Å²) < 4.78 is 13.3. The minimum atomic E-state index is -1.03. The van der Waals surface area contributed by atoms with E-state index in [1.807, 2.05) is 0 Å². The predicted octanol–water partition coefficient (Wildman–Crippen LogP) is 4.50. The summed E-state index contributed by atoms with van der Waals surface area (Å²) in [6.45, 7) is 6.19. The Morgan fingerprint density at radius 1 is 1.04 bits per heavy atom. The fourth-order valence-electron chi connectivity index (χ4n) is 7.86. The largest absolute Gasteiger partial charge is 0.392 e. The highest BCUT2D eigenvalue weighted by atomic mass is 19.1. The van der Waals surface area contributed by atoms with Crippen molar-refractivity contribution in [1.29, 1.82) is 0 Å². The minimum Gasteiger partial charge on any atom is -0.392 e. The molecule has 2 nitrogen and oxygen atoms in total. The average molecular weight is 351 g/mol. The third-order valence-corrected chi connectivity index (χ3v) is 9.05. The van der Waals surface area contributed by atoms with E-state index in [-0.39, 0.29) is 6.61 Å². The fourth-order valence-corrected chi connectivity index (χ4v) is 7.86. The molecule has 0 aromatic heterocycles. The van der Waals surface area contributed by atoms with Crippen LogP contribution in [0.1, 0.15) is 64.7 Å². The Morgan fingerprint density at radius 3 is 2.52 bits per heavy atom. The maximum atomic E-state index is 13.3. The molecule has 0 aromatic carbocycles. The highest BCUT2D eigenvalue weighted by Gasteiger charge is 2.57. The molecule has 142 valence electrons. The molecule has 0 spiro atoms. The lowest BCUT2D eigenvalue weighted by molar-refractivity contribution is -0.110. The normalized spacial score (nSPS) is 52.2. The number of aliphatic hydroxyl groups is 2. The Morgan fingerprint density at radius 2 is 1.80 bits per heavy atom. The molecule has 4 fully saturated rings. The van der Waals surface area contributed by atoms with E-state index in [1.54, 1.807) is 0 Å². The van der Waals surface area contributed by atoms with Gasteiger partial charge in [0, 0.05) is 0 Å². The molecule has 0 aliphatic heterocycles. The van der Waals surface area contributed by atoms with E-state index in [0.29, 0.717) is 36.0 Å². The third kappa shape index (κ3) is 2.72. The van der Waals surface area contributed by atoms with Gasteiger partial charge in [-0.3, -0.25) is 0 Å². The van der Waals surface area contributed by atoms with Crippen LogP contribution in [-0.2, 0) is 0 Å². The van der Waals surface area contributed by atoms with Crippen LogP contribution in [0.2, 0.25) is 0 Å². The van der Waals surface area contributed by atoms with Gasteiger partial charge in [0.15, 0.2) is 0 Å². The van der Waals surface area contributed by atoms with Crippen molar-refractivity contribution < 1.29 is 14.6 Å². The topological polar surface area (TPSA) is 40.5 Å². The second kappa shape index (κ2) is 6.34. The number of hydrogen-bond acceptors (Lipinski definition) is 2. The van der Waals surface area contributed by atoms with Crippen LogP contribution in [0.15, 0.2) is 12.2 Å². The van der Waals surface area contributed by atoms with Crippen molar-refractivity contribution in [3.63, 3.8) is 0 Å². The first kappa shape index (κ1) is 18.0. The number of halogens is 1. The van der Waals surface area contributed by atoms with E-state index in [2.05, 4.69) is 13.5 Å². The molecule has 0 amide bonds. The molecule has 2 N–H and O–H groups in total. The maximum Gasteiger partial charge on any atom is 0.118 e. The molecule has 0 saturated heterocycles. The van der Waals surface area contributed by atoms with Gasteiger partial charge in [0.1, 0.15) is 6.67 Å². The molecule has 0 radical (unpaired) electrons. The van der Waals surface area contributed by atoms with E-state index in [1.165, 1.54) is 38.5 Å². The van der Waals surface area contributed by atoms with Gasteiger partial charge in [-0.1, -0.05) is 13.5 Å². The van der Waals surface area contributed by atoms with Gasteiger partial charge in [0.05, 0.1) is 12.2 Å². The Labute approximate surface area is 151 Å². The standard InChI is InChI=1S/C22H35FO2/c1-14(12-24)19-5-6-20-18-4-3-15-11-22(25,13-23)10-8-16(15)17(18)7-9-21(19,20)2/h15-20,24-25H,1,3-13H2,2H3/t15-,16-,17+,18+,19+,20-,21+,22-/m0/s1. The highest BCUT2D eigenvalue weighted by Crippen LogP contribution is 2.65. The van der Waals surface area contributed by atoms with E-state index in [0.717, 1.165) is 29.7 Å².